The molecule has 1 saturated heterocycles. The number of rotatable bonds is 2. The van der Waals surface area contributed by atoms with Gasteiger partial charge in [-0.05, 0) is 53.0 Å². The van der Waals surface area contributed by atoms with Crippen molar-refractivity contribution in [3.8, 4) is 0 Å². The van der Waals surface area contributed by atoms with Crippen LogP contribution in [0.1, 0.15) is 22.9 Å². The Morgan fingerprint density at radius 3 is 2.40 bits per heavy atom. The molecule has 4 aromatic carbocycles. The predicted octanol–water partition coefficient (Wildman–Crippen LogP) is 6.11. The average molecular weight is 478 g/mol. The molecule has 5 aromatic rings. The molecule has 0 unspecified atom stereocenters. The number of fused-ring (bicyclic) bond motifs is 5. The molecule has 3 heterocycles. The topological polar surface area (TPSA) is 39.3 Å². The molecule has 1 aromatic heterocycles. The number of thiocarbonyl (C=S) groups is 1. The molecule has 0 radical (unpaired) electrons. The fourth-order valence-corrected chi connectivity index (χ4v) is 6.11. The Morgan fingerprint density at radius 1 is 0.857 bits per heavy atom. The van der Waals surface area contributed by atoms with Crippen LogP contribution in [-0.2, 0) is 11.2 Å². The van der Waals surface area contributed by atoms with E-state index in [2.05, 4.69) is 11.1 Å². The number of aromatic nitrogens is 1. The maximum atomic E-state index is 14.0. The van der Waals surface area contributed by atoms with Gasteiger partial charge in [0.1, 0.15) is 11.9 Å². The number of carbonyl (C=O) groups excluding carboxylic acids is 1. The molecule has 2 aliphatic rings. The molecule has 0 saturated carbocycles. The fraction of sp³-hybridized carbons (Fsp3) is 0.103. The fourth-order valence-electron chi connectivity index (χ4n) is 5.69. The van der Waals surface area contributed by atoms with Crippen LogP contribution in [0.2, 0.25) is 0 Å². The van der Waals surface area contributed by atoms with Crippen molar-refractivity contribution in [3.05, 3.63) is 114 Å². The van der Waals surface area contributed by atoms with Crippen molar-refractivity contribution >= 4 is 50.6 Å². The third-order valence-corrected chi connectivity index (χ3v) is 7.64. The van der Waals surface area contributed by atoms with E-state index in [1.165, 1.54) is 12.1 Å². The number of nitrogens with one attached hydrogen (secondary N) is 1. The molecule has 0 bridgehead atoms. The van der Waals surface area contributed by atoms with Crippen LogP contribution in [0.5, 0.6) is 0 Å². The highest BCUT2D eigenvalue weighted by atomic mass is 32.1. The Labute approximate surface area is 206 Å². The van der Waals surface area contributed by atoms with Crippen molar-refractivity contribution in [1.82, 2.24) is 9.88 Å². The van der Waals surface area contributed by atoms with E-state index in [1.54, 1.807) is 17.0 Å². The minimum Gasteiger partial charge on any atom is -0.356 e. The highest BCUT2D eigenvalue weighted by Gasteiger charge is 2.51. The minimum atomic E-state index is -0.441. The molecule has 1 N–H and O–H groups in total. The van der Waals surface area contributed by atoms with Crippen molar-refractivity contribution in [3.63, 3.8) is 0 Å². The highest BCUT2D eigenvalue weighted by molar-refractivity contribution is 7.80. The van der Waals surface area contributed by atoms with Crippen molar-refractivity contribution in [2.24, 2.45) is 0 Å². The van der Waals surface area contributed by atoms with Gasteiger partial charge in [-0.3, -0.25) is 9.69 Å². The van der Waals surface area contributed by atoms with Crippen LogP contribution in [-0.4, -0.2) is 26.9 Å². The predicted molar refractivity (Wildman–Crippen MR) is 140 cm³/mol. The Balaban J connectivity index is 1.43. The maximum Gasteiger partial charge on any atom is 0.256 e. The van der Waals surface area contributed by atoms with E-state index < -0.39 is 6.04 Å². The number of hydrogen-bond donors (Lipinski definition) is 1. The first-order valence-corrected chi connectivity index (χ1v) is 12.0. The van der Waals surface area contributed by atoms with Gasteiger partial charge in [0.25, 0.3) is 5.91 Å². The van der Waals surface area contributed by atoms with E-state index >= 15 is 0 Å². The number of amides is 1. The van der Waals surface area contributed by atoms with Gasteiger partial charge in [0.2, 0.25) is 0 Å². The van der Waals surface area contributed by atoms with Crippen molar-refractivity contribution in [1.29, 1.82) is 0 Å². The zero-order chi connectivity index (χ0) is 23.7. The average Bonchev–Trinajstić information content (AvgIpc) is 3.38. The van der Waals surface area contributed by atoms with Crippen LogP contribution >= 0.6 is 12.2 Å². The number of H-pyrrole nitrogens is 1. The quantitative estimate of drug-likeness (QED) is 0.312. The zero-order valence-electron chi connectivity index (χ0n) is 18.6. The molecule has 170 valence electrons. The maximum absolute atomic E-state index is 14.0. The summed E-state index contributed by atoms with van der Waals surface area (Å²) in [7, 11) is 0. The Hall–Kier alpha value is -4.03. The Morgan fingerprint density at radius 2 is 1.57 bits per heavy atom. The number of carbonyl (C=O) groups is 1. The molecular weight excluding hydrogens is 457 g/mol. The molecule has 0 spiro atoms. The number of nitrogens with zero attached hydrogens (tertiary/aromatic N) is 2. The molecule has 0 aliphatic carbocycles. The number of anilines is 1. The normalized spacial score (nSPS) is 19.5. The first-order valence-electron chi connectivity index (χ1n) is 11.6. The molecular formula is C29H20FN3OS. The van der Waals surface area contributed by atoms with Crippen LogP contribution in [0.15, 0.2) is 91.0 Å². The molecule has 4 nitrogen and oxygen atoms in total. The lowest BCUT2D eigenvalue weighted by Crippen LogP contribution is -2.44. The number of hydrogen-bond acceptors (Lipinski definition) is 2. The summed E-state index contributed by atoms with van der Waals surface area (Å²) in [6, 6.07) is 27.8. The summed E-state index contributed by atoms with van der Waals surface area (Å²) in [5, 5.41) is 3.61. The summed E-state index contributed by atoms with van der Waals surface area (Å²) in [5.74, 6) is -0.329. The first-order chi connectivity index (χ1) is 17.1. The van der Waals surface area contributed by atoms with E-state index in [0.717, 1.165) is 44.2 Å². The monoisotopic (exact) mass is 477 g/mol. The largest absolute Gasteiger partial charge is 0.356 e. The standard InChI is InChI=1S/C29H20FN3OS/c30-19-14-12-18(13-15-19)27-26-22(21-9-3-4-10-23(21)31-26)16-25-28(34)33(29(35)32(25)27)24-11-5-7-17-6-1-2-8-20(17)24/h1-15,25,27,31H,16H2/t25-,27-/m1/s1. The first kappa shape index (κ1) is 20.4. The molecule has 7 rings (SSSR count). The Kier molecular flexibility index (Phi) is 4.35. The van der Waals surface area contributed by atoms with Gasteiger partial charge < -0.3 is 9.88 Å². The summed E-state index contributed by atoms with van der Waals surface area (Å²) < 4.78 is 13.8. The van der Waals surface area contributed by atoms with E-state index in [0.29, 0.717) is 11.5 Å². The van der Waals surface area contributed by atoms with E-state index in [4.69, 9.17) is 12.2 Å². The van der Waals surface area contributed by atoms with Gasteiger partial charge in [-0.15, -0.1) is 0 Å². The number of aromatic amines is 1. The summed E-state index contributed by atoms with van der Waals surface area (Å²) in [6.45, 7) is 0. The van der Waals surface area contributed by atoms with Crippen LogP contribution < -0.4 is 4.90 Å². The van der Waals surface area contributed by atoms with Gasteiger partial charge >= 0.3 is 0 Å². The summed E-state index contributed by atoms with van der Waals surface area (Å²) in [6.07, 6.45) is 0.553. The van der Waals surface area contributed by atoms with Crippen molar-refractivity contribution < 1.29 is 9.18 Å². The van der Waals surface area contributed by atoms with Gasteiger partial charge in [0, 0.05) is 28.4 Å². The summed E-state index contributed by atoms with van der Waals surface area (Å²) in [5.41, 5.74) is 4.82. The lowest BCUT2D eigenvalue weighted by atomic mass is 9.89. The summed E-state index contributed by atoms with van der Waals surface area (Å²) in [4.78, 5) is 21.3. The minimum absolute atomic E-state index is 0.0330. The highest BCUT2D eigenvalue weighted by Crippen LogP contribution is 2.45. The van der Waals surface area contributed by atoms with E-state index in [-0.39, 0.29) is 17.8 Å². The van der Waals surface area contributed by atoms with Crippen LogP contribution in [0, 0.1) is 5.82 Å². The Bertz CT molecular complexity index is 1650. The van der Waals surface area contributed by atoms with Crippen molar-refractivity contribution in [2.75, 3.05) is 4.90 Å². The zero-order valence-corrected chi connectivity index (χ0v) is 19.4. The summed E-state index contributed by atoms with van der Waals surface area (Å²) >= 11 is 6.02. The van der Waals surface area contributed by atoms with Crippen LogP contribution in [0.25, 0.3) is 21.7 Å². The molecule has 1 fully saturated rings. The molecule has 6 heteroatoms. The van der Waals surface area contributed by atoms with Gasteiger partial charge in [-0.2, -0.15) is 0 Å². The van der Waals surface area contributed by atoms with Crippen LogP contribution in [0.4, 0.5) is 10.1 Å². The van der Waals surface area contributed by atoms with Crippen molar-refractivity contribution in [2.45, 2.75) is 18.5 Å². The van der Waals surface area contributed by atoms with Gasteiger partial charge in [0.15, 0.2) is 5.11 Å². The molecule has 2 aliphatic heterocycles. The van der Waals surface area contributed by atoms with Gasteiger partial charge in [0.05, 0.1) is 11.7 Å². The molecule has 1 amide bonds. The van der Waals surface area contributed by atoms with E-state index in [1.807, 2.05) is 65.6 Å². The van der Waals surface area contributed by atoms with E-state index in [9.17, 15) is 9.18 Å². The lowest BCUT2D eigenvalue weighted by Gasteiger charge is -2.37. The smallest absolute Gasteiger partial charge is 0.256 e. The van der Waals surface area contributed by atoms with Crippen LogP contribution in [0.3, 0.4) is 0 Å². The third-order valence-electron chi connectivity index (χ3n) is 7.24. The second-order valence-electron chi connectivity index (χ2n) is 9.10. The number of halogens is 1. The van der Waals surface area contributed by atoms with Gasteiger partial charge in [-0.1, -0.05) is 66.7 Å². The molecule has 2 atom stereocenters. The second kappa shape index (κ2) is 7.48. The molecule has 35 heavy (non-hydrogen) atoms. The SMILES string of the molecule is O=C1[C@H]2Cc3c([nH]c4ccccc34)[C@@H](c3ccc(F)cc3)N2C(=S)N1c1cccc2ccccc12. The third kappa shape index (κ3) is 2.90. The number of para-hydroxylation sites is 1. The second-order valence-corrected chi connectivity index (χ2v) is 9.46. The lowest BCUT2D eigenvalue weighted by molar-refractivity contribution is -0.120. The number of benzene rings is 4. The van der Waals surface area contributed by atoms with Gasteiger partial charge in [-0.25, -0.2) is 4.39 Å².